The molecule has 3 heterocycles. The molecule has 1 saturated carbocycles. The number of fused-ring (bicyclic) bond motifs is 1. The zero-order valence-electron chi connectivity index (χ0n) is 16.6. The van der Waals surface area contributed by atoms with Crippen LogP contribution in [-0.2, 0) is 16.1 Å². The lowest BCUT2D eigenvalue weighted by molar-refractivity contribution is -0.105. The molecule has 29 heavy (non-hydrogen) atoms. The first-order valence-corrected chi connectivity index (χ1v) is 9.96. The lowest BCUT2D eigenvalue weighted by atomic mass is 10.2. The Morgan fingerprint density at radius 2 is 2.14 bits per heavy atom. The van der Waals surface area contributed by atoms with Crippen molar-refractivity contribution in [3.8, 4) is 11.5 Å². The van der Waals surface area contributed by atoms with E-state index in [1.54, 1.807) is 6.20 Å². The molecule has 1 aliphatic heterocycles. The maximum atomic E-state index is 10.7. The maximum absolute atomic E-state index is 10.7. The van der Waals surface area contributed by atoms with Crippen LogP contribution in [0.5, 0.6) is 0 Å². The van der Waals surface area contributed by atoms with Gasteiger partial charge in [0.05, 0.1) is 36.1 Å². The number of carbonyl (C=O) groups excluding carboxylic acids is 1. The van der Waals surface area contributed by atoms with Crippen LogP contribution in [-0.4, -0.2) is 70.9 Å². The number of anilines is 1. The summed E-state index contributed by atoms with van der Waals surface area (Å²) in [6.45, 7) is 4.41. The maximum Gasteiger partial charge on any atom is 0.211 e. The van der Waals surface area contributed by atoms with Crippen molar-refractivity contribution >= 4 is 23.1 Å². The largest absolute Gasteiger partial charge is 0.379 e. The summed E-state index contributed by atoms with van der Waals surface area (Å²) < 4.78 is 5.39. The van der Waals surface area contributed by atoms with E-state index in [1.807, 2.05) is 13.1 Å². The van der Waals surface area contributed by atoms with E-state index in [2.05, 4.69) is 47.8 Å². The zero-order chi connectivity index (χ0) is 20.1. The summed E-state index contributed by atoms with van der Waals surface area (Å²) in [6, 6.07) is 7.11. The van der Waals surface area contributed by atoms with Crippen molar-refractivity contribution in [3.63, 3.8) is 0 Å². The number of aromatic amines is 2. The molecule has 5 rings (SSSR count). The molecule has 2 aliphatic rings. The topological polar surface area (TPSA) is 111 Å². The second kappa shape index (κ2) is 9.17. The Hall–Kier alpha value is -2.75. The molecule has 9 nitrogen and oxygen atoms in total. The molecular formula is C20H27N7O2. The number of carbonyl (C=O) groups is 1. The predicted octanol–water partition coefficient (Wildman–Crippen LogP) is 1.72. The molecule has 1 aliphatic carbocycles. The zero-order valence-corrected chi connectivity index (χ0v) is 16.6. The predicted molar refractivity (Wildman–Crippen MR) is 112 cm³/mol. The minimum absolute atomic E-state index is 0.595. The van der Waals surface area contributed by atoms with Gasteiger partial charge in [0.15, 0.2) is 5.82 Å². The van der Waals surface area contributed by atoms with Crippen molar-refractivity contribution in [2.24, 2.45) is 0 Å². The summed E-state index contributed by atoms with van der Waals surface area (Å²) in [5.74, 6) is 0.648. The summed E-state index contributed by atoms with van der Waals surface area (Å²) in [5, 5.41) is 12.6. The van der Waals surface area contributed by atoms with Gasteiger partial charge in [-0.25, -0.2) is 4.98 Å². The summed E-state index contributed by atoms with van der Waals surface area (Å²) in [4.78, 5) is 20.9. The molecule has 9 heteroatoms. The van der Waals surface area contributed by atoms with Crippen molar-refractivity contribution < 1.29 is 9.53 Å². The number of rotatable bonds is 6. The number of morpholine rings is 1. The van der Waals surface area contributed by atoms with Gasteiger partial charge in [0.25, 0.3) is 0 Å². The Bertz CT molecular complexity index is 941. The van der Waals surface area contributed by atoms with Crippen LogP contribution in [0.25, 0.3) is 22.6 Å². The summed E-state index contributed by atoms with van der Waals surface area (Å²) >= 11 is 0. The third kappa shape index (κ3) is 5.00. The molecule has 0 bridgehead atoms. The van der Waals surface area contributed by atoms with E-state index in [9.17, 15) is 4.79 Å². The van der Waals surface area contributed by atoms with Crippen LogP contribution >= 0.6 is 0 Å². The molecule has 3 aromatic rings. The number of hydrogen-bond donors (Lipinski definition) is 4. The Morgan fingerprint density at radius 3 is 2.83 bits per heavy atom. The molecule has 0 radical (unpaired) electrons. The second-order valence-corrected chi connectivity index (χ2v) is 7.31. The minimum Gasteiger partial charge on any atom is -0.379 e. The number of ether oxygens (including phenoxy) is 1. The molecule has 0 spiro atoms. The Kier molecular flexibility index (Phi) is 6.18. The smallest absolute Gasteiger partial charge is 0.211 e. The molecule has 0 atom stereocenters. The van der Waals surface area contributed by atoms with E-state index in [4.69, 9.17) is 4.74 Å². The SMILES string of the molecule is CNC1CC1.O=CNc1cn[nH]c1-c1nc2ccc(CN3CCOCC3)cc2[nH]1. The molecule has 2 aromatic heterocycles. The van der Waals surface area contributed by atoms with Gasteiger partial charge < -0.3 is 20.4 Å². The number of hydrogen-bond acceptors (Lipinski definition) is 6. The standard InChI is InChI=1S/C16H18N6O2.C4H9N/c23-10-17-14-8-18-21-15(14)16-19-12-2-1-11(7-13(12)20-16)9-22-3-5-24-6-4-22;1-5-4-2-3-4/h1-2,7-8,10H,3-6,9H2,(H,17,23)(H,18,21)(H,19,20);4-5H,2-3H2,1H3. The first kappa shape index (κ1) is 19.6. The summed E-state index contributed by atoms with van der Waals surface area (Å²) in [5.41, 5.74) is 4.32. The van der Waals surface area contributed by atoms with Gasteiger partial charge in [-0.3, -0.25) is 14.8 Å². The lowest BCUT2D eigenvalue weighted by Gasteiger charge is -2.26. The highest BCUT2D eigenvalue weighted by Crippen LogP contribution is 2.25. The molecule has 4 N–H and O–H groups in total. The number of H-pyrrole nitrogens is 2. The number of imidazole rings is 1. The number of aromatic nitrogens is 4. The van der Waals surface area contributed by atoms with Crippen LogP contribution in [0.15, 0.2) is 24.4 Å². The van der Waals surface area contributed by atoms with Gasteiger partial charge in [-0.15, -0.1) is 0 Å². The number of nitrogens with zero attached hydrogens (tertiary/aromatic N) is 3. The normalized spacial score (nSPS) is 17.0. The fourth-order valence-electron chi connectivity index (χ4n) is 3.30. The summed E-state index contributed by atoms with van der Waals surface area (Å²) in [6.07, 6.45) is 4.98. The van der Waals surface area contributed by atoms with Crippen LogP contribution in [0.1, 0.15) is 18.4 Å². The van der Waals surface area contributed by atoms with Crippen molar-refractivity contribution in [3.05, 3.63) is 30.0 Å². The summed E-state index contributed by atoms with van der Waals surface area (Å²) in [7, 11) is 2.01. The second-order valence-electron chi connectivity index (χ2n) is 7.31. The van der Waals surface area contributed by atoms with Gasteiger partial charge in [0.2, 0.25) is 6.41 Å². The van der Waals surface area contributed by atoms with Crippen molar-refractivity contribution in [2.45, 2.75) is 25.4 Å². The van der Waals surface area contributed by atoms with Gasteiger partial charge in [-0.1, -0.05) is 6.07 Å². The highest BCUT2D eigenvalue weighted by Gasteiger charge is 2.17. The van der Waals surface area contributed by atoms with E-state index in [1.165, 1.54) is 18.4 Å². The quantitative estimate of drug-likeness (QED) is 0.472. The third-order valence-corrected chi connectivity index (χ3v) is 5.13. The monoisotopic (exact) mass is 397 g/mol. The fraction of sp³-hybridized carbons (Fsp3) is 0.450. The van der Waals surface area contributed by atoms with Gasteiger partial charge >= 0.3 is 0 Å². The molecule has 1 saturated heterocycles. The van der Waals surface area contributed by atoms with E-state index < -0.39 is 0 Å². The average molecular weight is 397 g/mol. The third-order valence-electron chi connectivity index (χ3n) is 5.13. The molecule has 2 fully saturated rings. The van der Waals surface area contributed by atoms with Crippen LogP contribution in [0, 0.1) is 0 Å². The molecular weight excluding hydrogens is 370 g/mol. The minimum atomic E-state index is 0.595. The molecule has 0 unspecified atom stereocenters. The number of benzene rings is 1. The van der Waals surface area contributed by atoms with Crippen LogP contribution < -0.4 is 10.6 Å². The van der Waals surface area contributed by atoms with Crippen LogP contribution in [0.3, 0.4) is 0 Å². The van der Waals surface area contributed by atoms with Crippen LogP contribution in [0.2, 0.25) is 0 Å². The van der Waals surface area contributed by atoms with E-state index in [0.717, 1.165) is 49.9 Å². The lowest BCUT2D eigenvalue weighted by Crippen LogP contribution is -2.35. The van der Waals surface area contributed by atoms with Gasteiger partial charge in [-0.05, 0) is 37.6 Å². The van der Waals surface area contributed by atoms with Crippen molar-refractivity contribution in [1.29, 1.82) is 0 Å². The Morgan fingerprint density at radius 1 is 1.31 bits per heavy atom. The Labute approximate surface area is 169 Å². The van der Waals surface area contributed by atoms with Gasteiger partial charge in [0.1, 0.15) is 5.69 Å². The first-order valence-electron chi connectivity index (χ1n) is 9.96. The highest BCUT2D eigenvalue weighted by molar-refractivity contribution is 5.85. The number of amides is 1. The molecule has 1 amide bonds. The highest BCUT2D eigenvalue weighted by atomic mass is 16.5. The fourth-order valence-corrected chi connectivity index (χ4v) is 3.30. The molecule has 154 valence electrons. The van der Waals surface area contributed by atoms with E-state index in [0.29, 0.717) is 23.6 Å². The average Bonchev–Trinajstić information content (AvgIpc) is 3.33. The molecule has 1 aromatic carbocycles. The van der Waals surface area contributed by atoms with Gasteiger partial charge in [-0.2, -0.15) is 5.10 Å². The van der Waals surface area contributed by atoms with Gasteiger partial charge in [0, 0.05) is 25.7 Å². The van der Waals surface area contributed by atoms with Crippen molar-refractivity contribution in [2.75, 3.05) is 38.7 Å². The van der Waals surface area contributed by atoms with Crippen LogP contribution in [0.4, 0.5) is 5.69 Å². The Balaban J connectivity index is 0.000000359. The van der Waals surface area contributed by atoms with E-state index >= 15 is 0 Å². The number of nitrogens with one attached hydrogen (secondary N) is 4. The van der Waals surface area contributed by atoms with Crippen molar-refractivity contribution in [1.82, 2.24) is 30.4 Å². The van der Waals surface area contributed by atoms with E-state index in [-0.39, 0.29) is 0 Å². The first-order chi connectivity index (χ1) is 14.3.